The van der Waals surface area contributed by atoms with Gasteiger partial charge in [0.1, 0.15) is 6.61 Å². The van der Waals surface area contributed by atoms with Crippen molar-refractivity contribution in [3.8, 4) is 0 Å². The molecule has 0 radical (unpaired) electrons. The van der Waals surface area contributed by atoms with E-state index in [1.165, 1.54) is 12.7 Å². The van der Waals surface area contributed by atoms with E-state index in [-0.39, 0.29) is 31.1 Å². The number of carbonyl (C=O) groups is 2. The smallest absolute Gasteiger partial charge is 0.256 e. The first-order chi connectivity index (χ1) is 16.1. The second kappa shape index (κ2) is 10.6. The van der Waals surface area contributed by atoms with Crippen molar-refractivity contribution in [1.29, 1.82) is 0 Å². The van der Waals surface area contributed by atoms with Crippen LogP contribution in [0.2, 0.25) is 0 Å². The summed E-state index contributed by atoms with van der Waals surface area (Å²) in [6.45, 7) is 1.13. The third-order valence-electron chi connectivity index (χ3n) is 6.09. The van der Waals surface area contributed by atoms with E-state index >= 15 is 0 Å². The first-order valence-corrected chi connectivity index (χ1v) is 11.3. The molecule has 0 aliphatic carbocycles. The number of carbonyl (C=O) groups excluding carboxylic acids is 2. The minimum Gasteiger partial charge on any atom is -0.394 e. The molecule has 0 bridgehead atoms. The molecular weight excluding hydrogens is 420 g/mol. The number of anilines is 1. The van der Waals surface area contributed by atoms with Gasteiger partial charge in [0.15, 0.2) is 0 Å². The number of nitrogens with zero attached hydrogens (tertiary/aromatic N) is 3. The van der Waals surface area contributed by atoms with E-state index < -0.39 is 0 Å². The Morgan fingerprint density at radius 2 is 2.03 bits per heavy atom. The van der Waals surface area contributed by atoms with Crippen molar-refractivity contribution in [1.82, 2.24) is 14.5 Å². The number of aliphatic hydroxyl groups excluding tert-OH is 1. The van der Waals surface area contributed by atoms with Crippen LogP contribution in [0.4, 0.5) is 5.69 Å². The van der Waals surface area contributed by atoms with Gasteiger partial charge in [-0.1, -0.05) is 30.3 Å². The van der Waals surface area contributed by atoms with Crippen molar-refractivity contribution in [2.24, 2.45) is 0 Å². The van der Waals surface area contributed by atoms with Crippen molar-refractivity contribution in [3.63, 3.8) is 0 Å². The normalized spacial score (nSPS) is 16.2. The second-order valence-electron chi connectivity index (χ2n) is 8.38. The van der Waals surface area contributed by atoms with Crippen molar-refractivity contribution in [2.45, 2.75) is 38.3 Å². The van der Waals surface area contributed by atoms with Crippen LogP contribution in [0.1, 0.15) is 35.2 Å². The number of nitrogens with one attached hydrogen (secondary N) is 1. The fourth-order valence-corrected chi connectivity index (χ4v) is 4.45. The van der Waals surface area contributed by atoms with Crippen LogP contribution in [0.15, 0.2) is 48.8 Å². The Labute approximate surface area is 193 Å². The number of hydrogen-bond donors (Lipinski definition) is 2. The highest BCUT2D eigenvalue weighted by Gasteiger charge is 2.29. The average Bonchev–Trinajstić information content (AvgIpc) is 3.25. The summed E-state index contributed by atoms with van der Waals surface area (Å²) in [4.78, 5) is 32.1. The Balaban J connectivity index is 1.71. The van der Waals surface area contributed by atoms with Gasteiger partial charge >= 0.3 is 0 Å². The highest BCUT2D eigenvalue weighted by Crippen LogP contribution is 2.28. The van der Waals surface area contributed by atoms with Gasteiger partial charge in [0.05, 0.1) is 35.6 Å². The molecule has 3 aromatic rings. The number of ether oxygens (including phenoxy) is 1. The van der Waals surface area contributed by atoms with Gasteiger partial charge in [0.2, 0.25) is 5.91 Å². The minimum atomic E-state index is -0.301. The summed E-state index contributed by atoms with van der Waals surface area (Å²) in [5.41, 5.74) is 3.55. The number of imidazole rings is 1. The van der Waals surface area contributed by atoms with E-state index in [0.717, 1.165) is 31.2 Å². The van der Waals surface area contributed by atoms with Gasteiger partial charge < -0.3 is 24.6 Å². The van der Waals surface area contributed by atoms with Crippen LogP contribution in [-0.2, 0) is 22.5 Å². The maximum absolute atomic E-state index is 13.7. The van der Waals surface area contributed by atoms with Gasteiger partial charge in [-0.05, 0) is 43.4 Å². The molecule has 0 spiro atoms. The molecule has 1 fully saturated rings. The van der Waals surface area contributed by atoms with Gasteiger partial charge in [-0.15, -0.1) is 0 Å². The van der Waals surface area contributed by atoms with Gasteiger partial charge in [0, 0.05) is 25.9 Å². The van der Waals surface area contributed by atoms with Crippen LogP contribution in [0, 0.1) is 0 Å². The van der Waals surface area contributed by atoms with E-state index in [0.29, 0.717) is 29.9 Å². The van der Waals surface area contributed by atoms with Crippen molar-refractivity contribution in [2.75, 3.05) is 32.2 Å². The first-order valence-electron chi connectivity index (χ1n) is 11.3. The Hall–Kier alpha value is -3.23. The fraction of sp³-hybridized carbons (Fsp3) is 0.400. The average molecular weight is 451 g/mol. The third-order valence-corrected chi connectivity index (χ3v) is 6.09. The molecule has 1 aliphatic rings. The molecule has 1 unspecified atom stereocenters. The number of likely N-dealkylation sites (tertiary alicyclic amines) is 1. The summed E-state index contributed by atoms with van der Waals surface area (Å²) in [7, 11) is 1.46. The summed E-state index contributed by atoms with van der Waals surface area (Å²) in [5, 5.41) is 12.6. The SMILES string of the molecule is COCC(=O)Nc1cc(C(=O)N2CCCCC2CO)c2c(c1)ncn2CCc1ccccc1. The molecule has 2 N–H and O–H groups in total. The van der Waals surface area contributed by atoms with Crippen molar-refractivity contribution >= 4 is 28.5 Å². The zero-order valence-electron chi connectivity index (χ0n) is 18.9. The molecule has 2 heterocycles. The number of hydrogen-bond acceptors (Lipinski definition) is 5. The second-order valence-corrected chi connectivity index (χ2v) is 8.38. The van der Waals surface area contributed by atoms with Gasteiger partial charge in [-0.2, -0.15) is 0 Å². The molecule has 174 valence electrons. The number of benzene rings is 2. The number of rotatable bonds is 8. The number of aliphatic hydroxyl groups is 1. The summed E-state index contributed by atoms with van der Waals surface area (Å²) < 4.78 is 6.90. The first kappa shape index (κ1) is 22.9. The number of aromatic nitrogens is 2. The molecule has 33 heavy (non-hydrogen) atoms. The minimum absolute atomic E-state index is 0.0631. The molecule has 2 aromatic carbocycles. The Morgan fingerprint density at radius 1 is 1.21 bits per heavy atom. The van der Waals surface area contributed by atoms with Crippen molar-refractivity contribution < 1.29 is 19.4 Å². The summed E-state index contributed by atoms with van der Waals surface area (Å²) in [5.74, 6) is -0.451. The molecule has 0 saturated carbocycles. The predicted octanol–water partition coefficient (Wildman–Crippen LogP) is 2.85. The molecular formula is C25H30N4O4. The van der Waals surface area contributed by atoms with Crippen molar-refractivity contribution in [3.05, 3.63) is 59.9 Å². The maximum Gasteiger partial charge on any atom is 0.256 e. The predicted molar refractivity (Wildman–Crippen MR) is 126 cm³/mol. The van der Waals surface area contributed by atoms with Gasteiger partial charge in [-0.3, -0.25) is 9.59 Å². The van der Waals surface area contributed by atoms with Crippen LogP contribution in [0.5, 0.6) is 0 Å². The number of aryl methyl sites for hydroxylation is 2. The van der Waals surface area contributed by atoms with Crippen LogP contribution in [0.3, 0.4) is 0 Å². The highest BCUT2D eigenvalue weighted by molar-refractivity contribution is 6.07. The summed E-state index contributed by atoms with van der Waals surface area (Å²) in [6.07, 6.45) is 5.22. The highest BCUT2D eigenvalue weighted by atomic mass is 16.5. The Kier molecular flexibility index (Phi) is 7.36. The molecule has 8 nitrogen and oxygen atoms in total. The largest absolute Gasteiger partial charge is 0.394 e. The topological polar surface area (TPSA) is 96.7 Å². The molecule has 4 rings (SSSR count). The lowest BCUT2D eigenvalue weighted by atomic mass is 10.0. The van der Waals surface area contributed by atoms with Gasteiger partial charge in [-0.25, -0.2) is 4.98 Å². The van der Waals surface area contributed by atoms with E-state index in [1.54, 1.807) is 23.4 Å². The molecule has 2 amide bonds. The van der Waals surface area contributed by atoms with E-state index in [9.17, 15) is 14.7 Å². The number of amides is 2. The standard InChI is InChI=1S/C25H30N4O4/c1-33-16-23(31)27-19-13-21(25(32)29-11-6-5-9-20(29)15-30)24-22(14-19)26-17-28(24)12-10-18-7-3-2-4-8-18/h2-4,7-8,13-14,17,20,30H,5-6,9-12,15-16H2,1H3,(H,27,31). The lowest BCUT2D eigenvalue weighted by Gasteiger charge is -2.35. The number of fused-ring (bicyclic) bond motifs is 1. The fourth-order valence-electron chi connectivity index (χ4n) is 4.45. The van der Waals surface area contributed by atoms with Crippen LogP contribution < -0.4 is 5.32 Å². The molecule has 1 saturated heterocycles. The molecule has 1 aliphatic heterocycles. The Bertz CT molecular complexity index is 1110. The van der Waals surface area contributed by atoms with Crippen LogP contribution in [-0.4, -0.2) is 64.3 Å². The monoisotopic (exact) mass is 450 g/mol. The lowest BCUT2D eigenvalue weighted by molar-refractivity contribution is -0.119. The number of piperidine rings is 1. The quantitative estimate of drug-likeness (QED) is 0.550. The Morgan fingerprint density at radius 3 is 2.79 bits per heavy atom. The zero-order valence-corrected chi connectivity index (χ0v) is 18.9. The lowest BCUT2D eigenvalue weighted by Crippen LogP contribution is -2.45. The summed E-state index contributed by atoms with van der Waals surface area (Å²) in [6, 6.07) is 13.5. The molecule has 1 aromatic heterocycles. The van der Waals surface area contributed by atoms with E-state index in [4.69, 9.17) is 4.74 Å². The summed E-state index contributed by atoms with van der Waals surface area (Å²) >= 11 is 0. The maximum atomic E-state index is 13.7. The van der Waals surface area contributed by atoms with E-state index in [2.05, 4.69) is 22.4 Å². The van der Waals surface area contributed by atoms with Crippen LogP contribution >= 0.6 is 0 Å². The van der Waals surface area contributed by atoms with Gasteiger partial charge in [0.25, 0.3) is 5.91 Å². The number of methoxy groups -OCH3 is 1. The molecule has 8 heteroatoms. The van der Waals surface area contributed by atoms with E-state index in [1.807, 2.05) is 22.8 Å². The molecule has 1 atom stereocenters. The third kappa shape index (κ3) is 5.23. The zero-order chi connectivity index (χ0) is 23.2. The van der Waals surface area contributed by atoms with Crippen LogP contribution in [0.25, 0.3) is 11.0 Å².